The van der Waals surface area contributed by atoms with Crippen molar-refractivity contribution >= 4 is 32.7 Å². The standard InChI is InChI=1S/C16H9BrO4/c17-11-3-1-2-9(4-11)16(18)15-6-10-5-13-14(20-8-19-13)7-12(10)21-15/h1-7H,8H2. The van der Waals surface area contributed by atoms with E-state index in [1.807, 2.05) is 18.2 Å². The number of halogens is 1. The van der Waals surface area contributed by atoms with Crippen LogP contribution in [-0.2, 0) is 0 Å². The van der Waals surface area contributed by atoms with E-state index in [-0.39, 0.29) is 12.6 Å². The Morgan fingerprint density at radius 1 is 1.05 bits per heavy atom. The molecule has 0 bridgehead atoms. The van der Waals surface area contributed by atoms with E-state index < -0.39 is 0 Å². The lowest BCUT2D eigenvalue weighted by atomic mass is 10.1. The van der Waals surface area contributed by atoms with Gasteiger partial charge in [-0.2, -0.15) is 0 Å². The summed E-state index contributed by atoms with van der Waals surface area (Å²) in [6.45, 7) is 0.214. The third-order valence-electron chi connectivity index (χ3n) is 3.32. The number of hydrogen-bond donors (Lipinski definition) is 0. The average Bonchev–Trinajstić information content (AvgIpc) is 3.09. The Bertz CT molecular complexity index is 825. The number of carbonyl (C=O) groups excluding carboxylic acids is 1. The van der Waals surface area contributed by atoms with Crippen LogP contribution in [-0.4, -0.2) is 12.6 Å². The summed E-state index contributed by atoms with van der Waals surface area (Å²) in [7, 11) is 0. The van der Waals surface area contributed by atoms with E-state index in [4.69, 9.17) is 13.9 Å². The highest BCUT2D eigenvalue weighted by atomic mass is 79.9. The second-order valence-electron chi connectivity index (χ2n) is 4.69. The topological polar surface area (TPSA) is 48.7 Å². The fourth-order valence-electron chi connectivity index (χ4n) is 2.31. The average molecular weight is 345 g/mol. The van der Waals surface area contributed by atoms with Crippen LogP contribution in [0.25, 0.3) is 11.0 Å². The molecule has 0 spiro atoms. The van der Waals surface area contributed by atoms with Crippen LogP contribution >= 0.6 is 15.9 Å². The van der Waals surface area contributed by atoms with Crippen LogP contribution in [0.2, 0.25) is 0 Å². The summed E-state index contributed by atoms with van der Waals surface area (Å²) in [5, 5.41) is 0.817. The summed E-state index contributed by atoms with van der Waals surface area (Å²) in [6.07, 6.45) is 0. The number of ketones is 1. The molecule has 2 aromatic carbocycles. The SMILES string of the molecule is O=C(c1cccc(Br)c1)c1cc2cc3c(cc2o1)OCO3. The Morgan fingerprint density at radius 3 is 2.67 bits per heavy atom. The van der Waals surface area contributed by atoms with Gasteiger partial charge in [0.05, 0.1) is 0 Å². The normalized spacial score (nSPS) is 12.8. The second kappa shape index (κ2) is 4.63. The summed E-state index contributed by atoms with van der Waals surface area (Å²) in [4.78, 5) is 12.4. The number of rotatable bonds is 2. The molecule has 0 unspecified atom stereocenters. The lowest BCUT2D eigenvalue weighted by Gasteiger charge is -1.97. The van der Waals surface area contributed by atoms with Crippen LogP contribution < -0.4 is 9.47 Å². The molecule has 0 aliphatic carbocycles. The van der Waals surface area contributed by atoms with Crippen molar-refractivity contribution in [3.63, 3.8) is 0 Å². The molecular formula is C16H9BrO4. The third-order valence-corrected chi connectivity index (χ3v) is 3.82. The predicted octanol–water partition coefficient (Wildman–Crippen LogP) is 4.16. The van der Waals surface area contributed by atoms with Crippen molar-refractivity contribution in [1.82, 2.24) is 0 Å². The molecule has 0 amide bonds. The smallest absolute Gasteiger partial charge is 0.231 e. The molecule has 2 heterocycles. The zero-order chi connectivity index (χ0) is 14.4. The maximum absolute atomic E-state index is 12.4. The fourth-order valence-corrected chi connectivity index (χ4v) is 2.71. The summed E-state index contributed by atoms with van der Waals surface area (Å²) in [6, 6.07) is 12.5. The number of furan rings is 1. The van der Waals surface area contributed by atoms with Crippen LogP contribution in [0, 0.1) is 0 Å². The van der Waals surface area contributed by atoms with Gasteiger partial charge in [0.1, 0.15) is 5.58 Å². The number of ether oxygens (including phenoxy) is 2. The summed E-state index contributed by atoms with van der Waals surface area (Å²) in [5.41, 5.74) is 1.18. The number of benzene rings is 2. The first kappa shape index (κ1) is 12.5. The van der Waals surface area contributed by atoms with Gasteiger partial charge in [-0.1, -0.05) is 28.1 Å². The van der Waals surface area contributed by atoms with Gasteiger partial charge in [0, 0.05) is 21.5 Å². The Balaban J connectivity index is 1.79. The van der Waals surface area contributed by atoms with Crippen LogP contribution in [0.5, 0.6) is 11.5 Å². The minimum absolute atomic E-state index is 0.158. The van der Waals surface area contributed by atoms with Gasteiger partial charge in [-0.05, 0) is 24.3 Å². The highest BCUT2D eigenvalue weighted by Crippen LogP contribution is 2.37. The van der Waals surface area contributed by atoms with Gasteiger partial charge in [-0.25, -0.2) is 0 Å². The van der Waals surface area contributed by atoms with Crippen molar-refractivity contribution in [2.75, 3.05) is 6.79 Å². The Kier molecular flexibility index (Phi) is 2.75. The van der Waals surface area contributed by atoms with Crippen LogP contribution in [0.15, 0.2) is 51.4 Å². The Labute approximate surface area is 128 Å². The van der Waals surface area contributed by atoms with E-state index in [2.05, 4.69) is 15.9 Å². The second-order valence-corrected chi connectivity index (χ2v) is 5.61. The van der Waals surface area contributed by atoms with Gasteiger partial charge in [0.25, 0.3) is 0 Å². The first-order valence-corrected chi connectivity index (χ1v) is 7.13. The predicted molar refractivity (Wildman–Crippen MR) is 79.9 cm³/mol. The van der Waals surface area contributed by atoms with Crippen molar-refractivity contribution in [2.24, 2.45) is 0 Å². The lowest BCUT2D eigenvalue weighted by molar-refractivity contribution is 0.101. The fraction of sp³-hybridized carbons (Fsp3) is 0.0625. The molecule has 21 heavy (non-hydrogen) atoms. The quantitative estimate of drug-likeness (QED) is 0.655. The number of hydrogen-bond acceptors (Lipinski definition) is 4. The van der Waals surface area contributed by atoms with E-state index in [0.29, 0.717) is 28.4 Å². The first-order chi connectivity index (χ1) is 10.2. The third kappa shape index (κ3) is 2.10. The number of fused-ring (bicyclic) bond motifs is 2. The van der Waals surface area contributed by atoms with Crippen molar-refractivity contribution in [1.29, 1.82) is 0 Å². The minimum atomic E-state index is -0.158. The maximum atomic E-state index is 12.4. The molecule has 0 saturated carbocycles. The summed E-state index contributed by atoms with van der Waals surface area (Å²) >= 11 is 3.36. The van der Waals surface area contributed by atoms with Crippen molar-refractivity contribution < 1.29 is 18.7 Å². The first-order valence-electron chi connectivity index (χ1n) is 6.34. The molecule has 3 aromatic rings. The van der Waals surface area contributed by atoms with Crippen LogP contribution in [0.4, 0.5) is 0 Å². The largest absolute Gasteiger partial charge is 0.454 e. The van der Waals surface area contributed by atoms with E-state index in [9.17, 15) is 4.79 Å². The van der Waals surface area contributed by atoms with Gasteiger partial charge < -0.3 is 13.9 Å². The summed E-state index contributed by atoms with van der Waals surface area (Å²) in [5.74, 6) is 1.45. The van der Waals surface area contributed by atoms with Gasteiger partial charge in [0.15, 0.2) is 17.3 Å². The van der Waals surface area contributed by atoms with E-state index in [1.54, 1.807) is 24.3 Å². The molecule has 104 valence electrons. The zero-order valence-corrected chi connectivity index (χ0v) is 12.3. The molecule has 0 saturated heterocycles. The highest BCUT2D eigenvalue weighted by molar-refractivity contribution is 9.10. The summed E-state index contributed by atoms with van der Waals surface area (Å²) < 4.78 is 17.1. The van der Waals surface area contributed by atoms with E-state index in [1.165, 1.54) is 0 Å². The molecule has 5 heteroatoms. The molecule has 0 N–H and O–H groups in total. The van der Waals surface area contributed by atoms with Gasteiger partial charge >= 0.3 is 0 Å². The minimum Gasteiger partial charge on any atom is -0.454 e. The van der Waals surface area contributed by atoms with Gasteiger partial charge in [0.2, 0.25) is 12.6 Å². The van der Waals surface area contributed by atoms with Crippen molar-refractivity contribution in [3.8, 4) is 11.5 Å². The molecular weight excluding hydrogens is 336 g/mol. The molecule has 4 rings (SSSR count). The van der Waals surface area contributed by atoms with Crippen LogP contribution in [0.1, 0.15) is 16.1 Å². The highest BCUT2D eigenvalue weighted by Gasteiger charge is 2.19. The molecule has 1 aromatic heterocycles. The van der Waals surface area contributed by atoms with E-state index >= 15 is 0 Å². The monoisotopic (exact) mass is 344 g/mol. The van der Waals surface area contributed by atoms with Gasteiger partial charge in [-0.15, -0.1) is 0 Å². The lowest BCUT2D eigenvalue weighted by Crippen LogP contribution is -1.98. The van der Waals surface area contributed by atoms with Crippen molar-refractivity contribution in [2.45, 2.75) is 0 Å². The molecule has 0 fully saturated rings. The molecule has 4 nitrogen and oxygen atoms in total. The zero-order valence-electron chi connectivity index (χ0n) is 10.8. The molecule has 0 atom stereocenters. The molecule has 1 aliphatic heterocycles. The van der Waals surface area contributed by atoms with E-state index in [0.717, 1.165) is 9.86 Å². The van der Waals surface area contributed by atoms with Crippen molar-refractivity contribution in [3.05, 3.63) is 58.3 Å². The molecule has 1 aliphatic rings. The Morgan fingerprint density at radius 2 is 1.86 bits per heavy atom. The number of carbonyl (C=O) groups is 1. The van der Waals surface area contributed by atoms with Gasteiger partial charge in [-0.3, -0.25) is 4.79 Å². The Hall–Kier alpha value is -2.27. The van der Waals surface area contributed by atoms with Crippen LogP contribution in [0.3, 0.4) is 0 Å². The molecule has 0 radical (unpaired) electrons. The maximum Gasteiger partial charge on any atom is 0.231 e.